The molecule has 2 heterocycles. The van der Waals surface area contributed by atoms with E-state index in [1.165, 1.54) is 22.1 Å². The van der Waals surface area contributed by atoms with Gasteiger partial charge < -0.3 is 11.1 Å². The number of rotatable bonds is 7. The van der Waals surface area contributed by atoms with Crippen molar-refractivity contribution >= 4 is 29.1 Å². The highest BCUT2D eigenvalue weighted by Gasteiger charge is 2.22. The molecule has 9 nitrogen and oxygen atoms in total. The average molecular weight is 368 g/mol. The number of amides is 3. The van der Waals surface area contributed by atoms with Crippen LogP contribution in [0.3, 0.4) is 0 Å². The molecule has 2 aromatic rings. The van der Waals surface area contributed by atoms with E-state index in [0.29, 0.717) is 18.7 Å². The van der Waals surface area contributed by atoms with Gasteiger partial charge in [0.1, 0.15) is 6.54 Å². The number of primary amides is 1. The van der Waals surface area contributed by atoms with Gasteiger partial charge >= 0.3 is 0 Å². The number of nitrogens with one attached hydrogen (secondary N) is 1. The Labute approximate surface area is 155 Å². The summed E-state index contributed by atoms with van der Waals surface area (Å²) in [5.41, 5.74) is 7.40. The molecule has 0 unspecified atom stereocenters. The van der Waals surface area contributed by atoms with Gasteiger partial charge in [-0.3, -0.25) is 19.1 Å². The van der Waals surface area contributed by atoms with E-state index in [2.05, 4.69) is 15.5 Å². The van der Waals surface area contributed by atoms with E-state index in [1.54, 1.807) is 0 Å². The second-order valence-electron chi connectivity index (χ2n) is 6.12. The average Bonchev–Trinajstić information content (AvgIpc) is 3.30. The predicted molar refractivity (Wildman–Crippen MR) is 98.6 cm³/mol. The molecule has 0 bridgehead atoms. The van der Waals surface area contributed by atoms with Crippen LogP contribution in [0.2, 0.25) is 0 Å². The van der Waals surface area contributed by atoms with Crippen LogP contribution >= 0.6 is 0 Å². The fourth-order valence-corrected chi connectivity index (χ4v) is 2.72. The summed E-state index contributed by atoms with van der Waals surface area (Å²) in [6.45, 7) is 0.454. The summed E-state index contributed by atoms with van der Waals surface area (Å²) in [5.74, 6) is -1.03. The molecule has 1 aromatic heterocycles. The first-order chi connectivity index (χ1) is 13.0. The van der Waals surface area contributed by atoms with Gasteiger partial charge in [-0.25, -0.2) is 5.01 Å². The van der Waals surface area contributed by atoms with Crippen molar-refractivity contribution in [3.63, 3.8) is 0 Å². The van der Waals surface area contributed by atoms with E-state index in [1.807, 2.05) is 30.3 Å². The Bertz CT molecular complexity index is 874. The van der Waals surface area contributed by atoms with Crippen LogP contribution < -0.4 is 11.1 Å². The monoisotopic (exact) mass is 368 g/mol. The van der Waals surface area contributed by atoms with Crippen LogP contribution in [0.4, 0.5) is 5.69 Å². The van der Waals surface area contributed by atoms with Crippen LogP contribution in [0.5, 0.6) is 0 Å². The van der Waals surface area contributed by atoms with E-state index < -0.39 is 5.91 Å². The third kappa shape index (κ3) is 5.00. The van der Waals surface area contributed by atoms with Crippen molar-refractivity contribution < 1.29 is 14.4 Å². The minimum absolute atomic E-state index is 0.0342. The molecule has 1 aromatic carbocycles. The maximum Gasteiger partial charge on any atom is 0.243 e. The Balaban J connectivity index is 1.47. The molecule has 0 atom stereocenters. The second kappa shape index (κ2) is 8.26. The Morgan fingerprint density at radius 2 is 1.93 bits per heavy atom. The van der Waals surface area contributed by atoms with Crippen molar-refractivity contribution in [3.05, 3.63) is 48.3 Å². The van der Waals surface area contributed by atoms with Crippen LogP contribution in [-0.2, 0) is 20.9 Å². The van der Waals surface area contributed by atoms with Crippen LogP contribution in [0.25, 0.3) is 0 Å². The van der Waals surface area contributed by atoms with Crippen molar-refractivity contribution in [3.8, 4) is 0 Å². The van der Waals surface area contributed by atoms with Crippen LogP contribution in [0, 0.1) is 0 Å². The van der Waals surface area contributed by atoms with Crippen LogP contribution in [-0.4, -0.2) is 44.8 Å². The lowest BCUT2D eigenvalue weighted by atomic mass is 10.1. The lowest BCUT2D eigenvalue weighted by Gasteiger charge is -2.10. The molecule has 9 heteroatoms. The fourth-order valence-electron chi connectivity index (χ4n) is 2.72. The molecule has 0 saturated carbocycles. The van der Waals surface area contributed by atoms with Gasteiger partial charge in [-0.2, -0.15) is 10.2 Å². The first kappa shape index (κ1) is 18.3. The maximum absolute atomic E-state index is 12.3. The molecule has 0 aliphatic carbocycles. The fraction of sp³-hybridized carbons (Fsp3) is 0.278. The molecule has 3 rings (SSSR count). The summed E-state index contributed by atoms with van der Waals surface area (Å²) >= 11 is 0. The Morgan fingerprint density at radius 1 is 1.15 bits per heavy atom. The molecule has 140 valence electrons. The zero-order chi connectivity index (χ0) is 19.2. The zero-order valence-electron chi connectivity index (χ0n) is 14.7. The zero-order valence-corrected chi connectivity index (χ0v) is 14.7. The Hall–Kier alpha value is -3.49. The van der Waals surface area contributed by atoms with E-state index >= 15 is 0 Å². The summed E-state index contributed by atoms with van der Waals surface area (Å²) in [4.78, 5) is 35.1. The summed E-state index contributed by atoms with van der Waals surface area (Å²) in [7, 11) is 0. The molecule has 0 spiro atoms. The minimum atomic E-state index is -0.525. The van der Waals surface area contributed by atoms with Gasteiger partial charge in [-0.05, 0) is 5.56 Å². The molecule has 3 N–H and O–H groups in total. The summed E-state index contributed by atoms with van der Waals surface area (Å²) < 4.78 is 1.33. The molecule has 3 amide bonds. The standard InChI is InChI=1S/C18H20N6O3/c19-16(25)12-23-11-14(10-20-23)21-17(26)6-7-18(27)24-9-8-15(22-24)13-4-2-1-3-5-13/h1-5,10-11H,6-9,12H2,(H2,19,25)(H,21,26). The number of nitrogens with zero attached hydrogens (tertiary/aromatic N) is 4. The highest BCUT2D eigenvalue weighted by molar-refractivity contribution is 6.02. The van der Waals surface area contributed by atoms with Gasteiger partial charge in [0.2, 0.25) is 17.7 Å². The number of hydrazone groups is 1. The third-order valence-electron chi connectivity index (χ3n) is 4.00. The minimum Gasteiger partial charge on any atom is -0.368 e. The molecule has 1 aliphatic heterocycles. The van der Waals surface area contributed by atoms with Crippen LogP contribution in [0.15, 0.2) is 47.8 Å². The number of hydrogen-bond donors (Lipinski definition) is 2. The SMILES string of the molecule is NC(=O)Cn1cc(NC(=O)CCC(=O)N2CCC(c3ccccc3)=N2)cn1. The Kier molecular flexibility index (Phi) is 5.60. The number of nitrogens with two attached hydrogens (primary N) is 1. The quantitative estimate of drug-likeness (QED) is 0.747. The van der Waals surface area contributed by atoms with Crippen molar-refractivity contribution in [1.82, 2.24) is 14.8 Å². The smallest absolute Gasteiger partial charge is 0.243 e. The van der Waals surface area contributed by atoms with E-state index in [9.17, 15) is 14.4 Å². The number of carbonyl (C=O) groups excluding carboxylic acids is 3. The maximum atomic E-state index is 12.3. The number of benzene rings is 1. The second-order valence-corrected chi connectivity index (χ2v) is 6.12. The molecule has 27 heavy (non-hydrogen) atoms. The number of hydrogen-bond acceptors (Lipinski definition) is 5. The van der Waals surface area contributed by atoms with Gasteiger partial charge in [0, 0.05) is 25.5 Å². The molecular weight excluding hydrogens is 348 g/mol. The third-order valence-corrected chi connectivity index (χ3v) is 4.00. The number of aromatic nitrogens is 2. The van der Waals surface area contributed by atoms with Crippen molar-refractivity contribution in [2.45, 2.75) is 25.8 Å². The van der Waals surface area contributed by atoms with Crippen molar-refractivity contribution in [1.29, 1.82) is 0 Å². The summed E-state index contributed by atoms with van der Waals surface area (Å²) in [6, 6.07) is 9.70. The lowest BCUT2D eigenvalue weighted by molar-refractivity contribution is -0.132. The molecule has 1 aliphatic rings. The van der Waals surface area contributed by atoms with Gasteiger partial charge in [0.25, 0.3) is 0 Å². The van der Waals surface area contributed by atoms with Crippen LogP contribution in [0.1, 0.15) is 24.8 Å². The highest BCUT2D eigenvalue weighted by atomic mass is 16.2. The lowest BCUT2D eigenvalue weighted by Crippen LogP contribution is -2.24. The molecule has 0 fully saturated rings. The van der Waals surface area contributed by atoms with Gasteiger partial charge in [-0.1, -0.05) is 30.3 Å². The predicted octanol–water partition coefficient (Wildman–Crippen LogP) is 0.724. The largest absolute Gasteiger partial charge is 0.368 e. The Morgan fingerprint density at radius 3 is 2.67 bits per heavy atom. The molecular formula is C18H20N6O3. The van der Waals surface area contributed by atoms with Crippen molar-refractivity contribution in [2.24, 2.45) is 10.8 Å². The van der Waals surface area contributed by atoms with Crippen molar-refractivity contribution in [2.75, 3.05) is 11.9 Å². The normalized spacial score (nSPS) is 13.3. The number of anilines is 1. The van der Waals surface area contributed by atoms with E-state index in [0.717, 1.165) is 11.3 Å². The van der Waals surface area contributed by atoms with E-state index in [4.69, 9.17) is 5.73 Å². The molecule has 0 radical (unpaired) electrons. The molecule has 0 saturated heterocycles. The first-order valence-electron chi connectivity index (χ1n) is 8.55. The topological polar surface area (TPSA) is 123 Å². The van der Waals surface area contributed by atoms with E-state index in [-0.39, 0.29) is 31.2 Å². The van der Waals surface area contributed by atoms with Gasteiger partial charge in [0.05, 0.1) is 24.1 Å². The van der Waals surface area contributed by atoms with Gasteiger partial charge in [0.15, 0.2) is 0 Å². The number of carbonyl (C=O) groups is 3. The first-order valence-corrected chi connectivity index (χ1v) is 8.55. The summed E-state index contributed by atoms with van der Waals surface area (Å²) in [6.07, 6.45) is 3.71. The van der Waals surface area contributed by atoms with Gasteiger partial charge in [-0.15, -0.1) is 0 Å². The highest BCUT2D eigenvalue weighted by Crippen LogP contribution is 2.15. The summed E-state index contributed by atoms with van der Waals surface area (Å²) in [5, 5.41) is 12.3.